The van der Waals surface area contributed by atoms with Crippen LogP contribution in [0.3, 0.4) is 0 Å². The summed E-state index contributed by atoms with van der Waals surface area (Å²) in [4.78, 5) is 25.9. The van der Waals surface area contributed by atoms with Crippen molar-refractivity contribution in [3.8, 4) is 0 Å². The van der Waals surface area contributed by atoms with Gasteiger partial charge in [-0.3, -0.25) is 9.59 Å². The van der Waals surface area contributed by atoms with Gasteiger partial charge in [0, 0.05) is 32.0 Å². The zero-order valence-corrected chi connectivity index (χ0v) is 20.7. The molecule has 0 aliphatic heterocycles. The maximum Gasteiger partial charge on any atom is 0.222 e. The van der Waals surface area contributed by atoms with Crippen molar-refractivity contribution < 1.29 is 9.59 Å². The fourth-order valence-corrected chi connectivity index (χ4v) is 3.21. The molecule has 4 nitrogen and oxygen atoms in total. The van der Waals surface area contributed by atoms with Crippen LogP contribution in [0.4, 0.5) is 0 Å². The summed E-state index contributed by atoms with van der Waals surface area (Å²) in [5.41, 5.74) is 0. The third-order valence-corrected chi connectivity index (χ3v) is 5.15. The predicted molar refractivity (Wildman–Crippen MR) is 134 cm³/mol. The van der Waals surface area contributed by atoms with Gasteiger partial charge in [0.2, 0.25) is 11.8 Å². The van der Waals surface area contributed by atoms with Gasteiger partial charge in [-0.15, -0.1) is 0 Å². The van der Waals surface area contributed by atoms with Crippen molar-refractivity contribution in [2.45, 2.75) is 111 Å². The molecule has 0 bridgehead atoms. The van der Waals surface area contributed by atoms with Crippen molar-refractivity contribution in [2.24, 2.45) is 0 Å². The van der Waals surface area contributed by atoms with Crippen molar-refractivity contribution in [1.82, 2.24) is 10.2 Å². The molecule has 0 aromatic carbocycles. The second-order valence-electron chi connectivity index (χ2n) is 8.41. The Morgan fingerprint density at radius 2 is 1.39 bits per heavy atom. The van der Waals surface area contributed by atoms with E-state index in [9.17, 15) is 9.59 Å². The Labute approximate surface area is 192 Å². The Morgan fingerprint density at radius 1 is 0.774 bits per heavy atom. The summed E-state index contributed by atoms with van der Waals surface area (Å²) in [6.07, 6.45) is 24.4. The van der Waals surface area contributed by atoms with Crippen molar-refractivity contribution in [3.05, 3.63) is 36.5 Å². The lowest BCUT2D eigenvalue weighted by atomic mass is 10.1. The maximum atomic E-state index is 12.3. The lowest BCUT2D eigenvalue weighted by molar-refractivity contribution is -0.133. The Hall–Kier alpha value is -1.84. The van der Waals surface area contributed by atoms with E-state index >= 15 is 0 Å². The van der Waals surface area contributed by atoms with E-state index in [1.165, 1.54) is 0 Å². The van der Waals surface area contributed by atoms with Gasteiger partial charge >= 0.3 is 0 Å². The SMILES string of the molecule is CCCCCC(=O)N(CC/C=C\C/C=C\C/C=C\CCCC(=O)NCCCC)C(C)C. The highest BCUT2D eigenvalue weighted by Crippen LogP contribution is 2.08. The molecule has 1 N–H and O–H groups in total. The van der Waals surface area contributed by atoms with Crippen LogP contribution in [0.15, 0.2) is 36.5 Å². The first-order chi connectivity index (χ1) is 15.0. The third kappa shape index (κ3) is 18.6. The summed E-state index contributed by atoms with van der Waals surface area (Å²) >= 11 is 0. The minimum atomic E-state index is 0.172. The van der Waals surface area contributed by atoms with Crippen molar-refractivity contribution in [2.75, 3.05) is 13.1 Å². The van der Waals surface area contributed by atoms with Gasteiger partial charge in [0.1, 0.15) is 0 Å². The van der Waals surface area contributed by atoms with Crippen LogP contribution >= 0.6 is 0 Å². The van der Waals surface area contributed by atoms with E-state index in [0.29, 0.717) is 18.7 Å². The summed E-state index contributed by atoms with van der Waals surface area (Å²) in [6.45, 7) is 10.1. The monoisotopic (exact) mass is 432 g/mol. The number of hydrogen-bond acceptors (Lipinski definition) is 2. The van der Waals surface area contributed by atoms with Crippen LogP contribution in [-0.4, -0.2) is 35.8 Å². The third-order valence-electron chi connectivity index (χ3n) is 5.15. The summed E-state index contributed by atoms with van der Waals surface area (Å²) in [6, 6.07) is 0.268. The fraction of sp³-hybridized carbons (Fsp3) is 0.704. The molecule has 0 fully saturated rings. The largest absolute Gasteiger partial charge is 0.356 e. The van der Waals surface area contributed by atoms with E-state index in [-0.39, 0.29) is 11.9 Å². The van der Waals surface area contributed by atoms with E-state index in [1.54, 1.807) is 0 Å². The molecule has 0 radical (unpaired) electrons. The first-order valence-corrected chi connectivity index (χ1v) is 12.5. The molecular weight excluding hydrogens is 384 g/mol. The number of rotatable bonds is 19. The highest BCUT2D eigenvalue weighted by atomic mass is 16.2. The van der Waals surface area contributed by atoms with Crippen molar-refractivity contribution in [3.63, 3.8) is 0 Å². The lowest BCUT2D eigenvalue weighted by Gasteiger charge is -2.26. The number of carbonyl (C=O) groups is 2. The second-order valence-corrected chi connectivity index (χ2v) is 8.41. The van der Waals surface area contributed by atoms with Gasteiger partial charge in [-0.2, -0.15) is 0 Å². The van der Waals surface area contributed by atoms with Crippen LogP contribution in [0.2, 0.25) is 0 Å². The molecular formula is C27H48N2O2. The molecule has 31 heavy (non-hydrogen) atoms. The molecule has 178 valence electrons. The normalized spacial score (nSPS) is 11.9. The molecule has 0 aliphatic rings. The summed E-state index contributed by atoms with van der Waals surface area (Å²) in [5, 5.41) is 2.95. The van der Waals surface area contributed by atoms with Crippen LogP contribution in [0.25, 0.3) is 0 Å². The summed E-state index contributed by atoms with van der Waals surface area (Å²) < 4.78 is 0. The Kier molecular flexibility index (Phi) is 20.1. The number of nitrogens with zero attached hydrogens (tertiary/aromatic N) is 1. The van der Waals surface area contributed by atoms with E-state index in [2.05, 4.69) is 69.5 Å². The van der Waals surface area contributed by atoms with Gasteiger partial charge < -0.3 is 10.2 Å². The minimum Gasteiger partial charge on any atom is -0.356 e. The molecule has 0 aromatic heterocycles. The molecule has 0 saturated heterocycles. The minimum absolute atomic E-state index is 0.172. The highest BCUT2D eigenvalue weighted by Gasteiger charge is 2.15. The van der Waals surface area contributed by atoms with E-state index in [1.807, 2.05) is 4.90 Å². The highest BCUT2D eigenvalue weighted by molar-refractivity contribution is 5.76. The van der Waals surface area contributed by atoms with E-state index in [4.69, 9.17) is 0 Å². The van der Waals surface area contributed by atoms with Crippen molar-refractivity contribution >= 4 is 11.8 Å². The molecule has 0 heterocycles. The molecule has 0 aromatic rings. The van der Waals surface area contributed by atoms with Gasteiger partial charge in [0.25, 0.3) is 0 Å². The molecule has 0 atom stereocenters. The van der Waals surface area contributed by atoms with Gasteiger partial charge in [0.05, 0.1) is 0 Å². The Morgan fingerprint density at radius 3 is 2.00 bits per heavy atom. The number of carbonyl (C=O) groups excluding carboxylic acids is 2. The zero-order valence-electron chi connectivity index (χ0n) is 20.7. The number of unbranched alkanes of at least 4 members (excludes halogenated alkanes) is 4. The molecule has 0 saturated carbocycles. The molecule has 0 rings (SSSR count). The number of amides is 2. The lowest BCUT2D eigenvalue weighted by Crippen LogP contribution is -2.37. The van der Waals surface area contributed by atoms with Crippen LogP contribution in [-0.2, 0) is 9.59 Å². The molecule has 0 spiro atoms. The van der Waals surface area contributed by atoms with Gasteiger partial charge in [-0.25, -0.2) is 0 Å². The first kappa shape index (κ1) is 29.2. The van der Waals surface area contributed by atoms with Crippen LogP contribution in [0, 0.1) is 0 Å². The quantitative estimate of drug-likeness (QED) is 0.182. The molecule has 0 unspecified atom stereocenters. The zero-order chi connectivity index (χ0) is 23.2. The van der Waals surface area contributed by atoms with Crippen LogP contribution < -0.4 is 5.32 Å². The topological polar surface area (TPSA) is 49.4 Å². The van der Waals surface area contributed by atoms with E-state index in [0.717, 1.165) is 77.3 Å². The average molecular weight is 433 g/mol. The van der Waals surface area contributed by atoms with E-state index < -0.39 is 0 Å². The van der Waals surface area contributed by atoms with Crippen molar-refractivity contribution in [1.29, 1.82) is 0 Å². The van der Waals surface area contributed by atoms with Crippen LogP contribution in [0.5, 0.6) is 0 Å². The number of allylic oxidation sites excluding steroid dienone is 5. The van der Waals surface area contributed by atoms with Gasteiger partial charge in [-0.1, -0.05) is 69.6 Å². The van der Waals surface area contributed by atoms with Gasteiger partial charge in [0.15, 0.2) is 0 Å². The number of hydrogen-bond donors (Lipinski definition) is 1. The number of nitrogens with one attached hydrogen (secondary N) is 1. The Balaban J connectivity index is 3.82. The molecule has 0 aliphatic carbocycles. The predicted octanol–water partition coefficient (Wildman–Crippen LogP) is 6.73. The molecule has 4 heteroatoms. The second kappa shape index (κ2) is 21.4. The summed E-state index contributed by atoms with van der Waals surface area (Å²) in [7, 11) is 0. The average Bonchev–Trinajstić information content (AvgIpc) is 2.74. The first-order valence-electron chi connectivity index (χ1n) is 12.5. The standard InChI is InChI=1S/C27H48N2O2/c1-5-7-18-22-27(31)29(25(3)4)24-20-17-15-13-11-9-10-12-14-16-19-21-26(30)28-23-8-6-2/h9,11-12,14-15,17,25H,5-8,10,13,16,18-24H2,1-4H3,(H,28,30)/b11-9-,14-12-,17-15-. The molecule has 2 amide bonds. The van der Waals surface area contributed by atoms with Crippen LogP contribution in [0.1, 0.15) is 105 Å². The maximum absolute atomic E-state index is 12.3. The Bertz CT molecular complexity index is 535. The van der Waals surface area contributed by atoms with Gasteiger partial charge in [-0.05, 0) is 58.8 Å². The smallest absolute Gasteiger partial charge is 0.222 e. The fourth-order valence-electron chi connectivity index (χ4n) is 3.21. The summed E-state index contributed by atoms with van der Waals surface area (Å²) in [5.74, 6) is 0.464.